The molecule has 1 fully saturated rings. The molecule has 0 amide bonds. The molecule has 1 saturated carbocycles. The van der Waals surface area contributed by atoms with Gasteiger partial charge in [0.25, 0.3) is 0 Å². The molecule has 1 aromatic carbocycles. The van der Waals surface area contributed by atoms with Crippen molar-refractivity contribution in [3.8, 4) is 6.07 Å². The maximum Gasteiger partial charge on any atom is 0.0837 e. The van der Waals surface area contributed by atoms with Gasteiger partial charge in [0.1, 0.15) is 0 Å². The quantitative estimate of drug-likeness (QED) is 0.901. The third-order valence-electron chi connectivity index (χ3n) is 3.57. The minimum absolute atomic E-state index is 0. The summed E-state index contributed by atoms with van der Waals surface area (Å²) < 4.78 is 0. The van der Waals surface area contributed by atoms with Crippen LogP contribution in [0.4, 0.5) is 0 Å². The third kappa shape index (κ3) is 4.33. The third-order valence-corrected chi connectivity index (χ3v) is 3.57. The molecule has 1 aromatic rings. The Kier molecular flexibility index (Phi) is 6.78. The molecule has 0 radical (unpaired) electrons. The highest BCUT2D eigenvalue weighted by Gasteiger charge is 2.15. The van der Waals surface area contributed by atoms with Crippen LogP contribution in [-0.4, -0.2) is 12.6 Å². The Balaban J connectivity index is 0.00000162. The highest BCUT2D eigenvalue weighted by atomic mass is 35.5. The van der Waals surface area contributed by atoms with Crippen LogP contribution in [0.5, 0.6) is 0 Å². The van der Waals surface area contributed by atoms with Crippen LogP contribution >= 0.6 is 12.4 Å². The Morgan fingerprint density at radius 1 is 1.17 bits per heavy atom. The molecule has 98 valence electrons. The SMILES string of the molecule is Cl.N#CC(CNC1CCCCC1)c1ccccc1. The van der Waals surface area contributed by atoms with E-state index in [9.17, 15) is 5.26 Å². The van der Waals surface area contributed by atoms with Gasteiger partial charge in [0.05, 0.1) is 12.0 Å². The molecule has 0 saturated heterocycles. The van der Waals surface area contributed by atoms with E-state index in [1.54, 1.807) is 0 Å². The molecule has 1 unspecified atom stereocenters. The Morgan fingerprint density at radius 3 is 2.44 bits per heavy atom. The highest BCUT2D eigenvalue weighted by molar-refractivity contribution is 5.85. The molecule has 0 spiro atoms. The molecule has 0 aliphatic heterocycles. The number of halogens is 1. The average molecular weight is 265 g/mol. The van der Waals surface area contributed by atoms with Gasteiger partial charge in [-0.2, -0.15) is 5.26 Å². The number of hydrogen-bond acceptors (Lipinski definition) is 2. The van der Waals surface area contributed by atoms with E-state index in [-0.39, 0.29) is 18.3 Å². The lowest BCUT2D eigenvalue weighted by molar-refractivity contribution is 0.372. The minimum atomic E-state index is -0.0156. The maximum atomic E-state index is 9.22. The summed E-state index contributed by atoms with van der Waals surface area (Å²) in [6.45, 7) is 0.783. The molecule has 1 aliphatic rings. The van der Waals surface area contributed by atoms with Crippen LogP contribution in [0.3, 0.4) is 0 Å². The lowest BCUT2D eigenvalue weighted by Gasteiger charge is -2.24. The number of nitrogens with zero attached hydrogens (tertiary/aromatic N) is 1. The summed E-state index contributed by atoms with van der Waals surface area (Å²) in [6.07, 6.45) is 6.58. The van der Waals surface area contributed by atoms with Gasteiger partial charge in [-0.15, -0.1) is 12.4 Å². The predicted octanol–water partition coefficient (Wildman–Crippen LogP) is 3.64. The van der Waals surface area contributed by atoms with Gasteiger partial charge in [0, 0.05) is 12.6 Å². The average Bonchev–Trinajstić information content (AvgIpc) is 2.42. The number of rotatable bonds is 4. The molecular formula is C15H21ClN2. The summed E-state index contributed by atoms with van der Waals surface area (Å²) in [6, 6.07) is 13.1. The van der Waals surface area contributed by atoms with Crippen molar-refractivity contribution in [3.63, 3.8) is 0 Å². The number of hydrogen-bond donors (Lipinski definition) is 1. The summed E-state index contributed by atoms with van der Waals surface area (Å²) in [5.41, 5.74) is 1.12. The molecule has 1 aliphatic carbocycles. The standard InChI is InChI=1S/C15H20N2.ClH/c16-11-14(13-7-3-1-4-8-13)12-17-15-9-5-2-6-10-15;/h1,3-4,7-8,14-15,17H,2,5-6,9-10,12H2;1H. The van der Waals surface area contributed by atoms with Gasteiger partial charge in [-0.3, -0.25) is 0 Å². The fraction of sp³-hybridized carbons (Fsp3) is 0.533. The second-order valence-electron chi connectivity index (χ2n) is 4.84. The normalized spacial score (nSPS) is 17.5. The first-order valence-electron chi connectivity index (χ1n) is 6.58. The van der Waals surface area contributed by atoms with E-state index in [1.807, 2.05) is 30.3 Å². The van der Waals surface area contributed by atoms with Crippen LogP contribution in [0.1, 0.15) is 43.6 Å². The van der Waals surface area contributed by atoms with Gasteiger partial charge in [-0.25, -0.2) is 0 Å². The molecule has 0 heterocycles. The van der Waals surface area contributed by atoms with E-state index in [2.05, 4.69) is 11.4 Å². The minimum Gasteiger partial charge on any atom is -0.312 e. The molecule has 2 nitrogen and oxygen atoms in total. The number of nitriles is 1. The van der Waals surface area contributed by atoms with Gasteiger partial charge in [-0.1, -0.05) is 49.6 Å². The smallest absolute Gasteiger partial charge is 0.0837 e. The van der Waals surface area contributed by atoms with Crippen molar-refractivity contribution in [1.29, 1.82) is 5.26 Å². The summed E-state index contributed by atoms with van der Waals surface area (Å²) >= 11 is 0. The first kappa shape index (κ1) is 15.0. The number of benzene rings is 1. The maximum absolute atomic E-state index is 9.22. The van der Waals surface area contributed by atoms with Crippen LogP contribution < -0.4 is 5.32 Å². The van der Waals surface area contributed by atoms with Gasteiger partial charge in [0.2, 0.25) is 0 Å². The van der Waals surface area contributed by atoms with Crippen LogP contribution in [0.25, 0.3) is 0 Å². The zero-order valence-corrected chi connectivity index (χ0v) is 11.5. The fourth-order valence-corrected chi connectivity index (χ4v) is 2.51. The van der Waals surface area contributed by atoms with E-state index >= 15 is 0 Å². The van der Waals surface area contributed by atoms with Crippen LogP contribution in [-0.2, 0) is 0 Å². The monoisotopic (exact) mass is 264 g/mol. The van der Waals surface area contributed by atoms with E-state index in [4.69, 9.17) is 0 Å². The summed E-state index contributed by atoms with van der Waals surface area (Å²) in [5, 5.41) is 12.8. The summed E-state index contributed by atoms with van der Waals surface area (Å²) in [5.74, 6) is -0.0156. The summed E-state index contributed by atoms with van der Waals surface area (Å²) in [7, 11) is 0. The molecule has 3 heteroatoms. The van der Waals surface area contributed by atoms with Crippen LogP contribution in [0.15, 0.2) is 30.3 Å². The van der Waals surface area contributed by atoms with Gasteiger partial charge in [-0.05, 0) is 18.4 Å². The van der Waals surface area contributed by atoms with Gasteiger partial charge in [0.15, 0.2) is 0 Å². The van der Waals surface area contributed by atoms with Crippen molar-refractivity contribution in [2.24, 2.45) is 0 Å². The van der Waals surface area contributed by atoms with Gasteiger partial charge >= 0.3 is 0 Å². The lowest BCUT2D eigenvalue weighted by Crippen LogP contribution is -2.33. The van der Waals surface area contributed by atoms with Crippen LogP contribution in [0, 0.1) is 11.3 Å². The zero-order chi connectivity index (χ0) is 11.9. The lowest BCUT2D eigenvalue weighted by atomic mass is 9.94. The van der Waals surface area contributed by atoms with Crippen molar-refractivity contribution < 1.29 is 0 Å². The van der Waals surface area contributed by atoms with Crippen molar-refractivity contribution in [3.05, 3.63) is 35.9 Å². The zero-order valence-electron chi connectivity index (χ0n) is 10.6. The Bertz CT molecular complexity index is 366. The molecule has 18 heavy (non-hydrogen) atoms. The molecule has 0 aromatic heterocycles. The Morgan fingerprint density at radius 2 is 1.83 bits per heavy atom. The Labute approximate surface area is 116 Å². The Hall–Kier alpha value is -1.04. The largest absolute Gasteiger partial charge is 0.312 e. The second kappa shape index (κ2) is 8.13. The van der Waals surface area contributed by atoms with E-state index < -0.39 is 0 Å². The molecule has 0 bridgehead atoms. The van der Waals surface area contributed by atoms with Crippen LogP contribution in [0.2, 0.25) is 0 Å². The molecular weight excluding hydrogens is 244 g/mol. The highest BCUT2D eigenvalue weighted by Crippen LogP contribution is 2.19. The molecule has 2 rings (SSSR count). The fourth-order valence-electron chi connectivity index (χ4n) is 2.51. The molecule has 1 N–H and O–H groups in total. The topological polar surface area (TPSA) is 35.8 Å². The van der Waals surface area contributed by atoms with E-state index in [1.165, 1.54) is 32.1 Å². The number of nitrogens with one attached hydrogen (secondary N) is 1. The van der Waals surface area contributed by atoms with Crippen molar-refractivity contribution in [2.45, 2.75) is 44.1 Å². The van der Waals surface area contributed by atoms with E-state index in [0.717, 1.165) is 12.1 Å². The van der Waals surface area contributed by atoms with Crippen molar-refractivity contribution in [2.75, 3.05) is 6.54 Å². The molecule has 1 atom stereocenters. The summed E-state index contributed by atoms with van der Waals surface area (Å²) in [4.78, 5) is 0. The second-order valence-corrected chi connectivity index (χ2v) is 4.84. The first-order chi connectivity index (χ1) is 8.40. The van der Waals surface area contributed by atoms with Crippen molar-refractivity contribution >= 4 is 12.4 Å². The van der Waals surface area contributed by atoms with Gasteiger partial charge < -0.3 is 5.32 Å². The van der Waals surface area contributed by atoms with E-state index in [0.29, 0.717) is 6.04 Å². The first-order valence-corrected chi connectivity index (χ1v) is 6.58. The predicted molar refractivity (Wildman–Crippen MR) is 76.9 cm³/mol. The van der Waals surface area contributed by atoms with Crippen molar-refractivity contribution in [1.82, 2.24) is 5.32 Å².